The summed E-state index contributed by atoms with van der Waals surface area (Å²) in [5, 5.41) is 0. The summed E-state index contributed by atoms with van der Waals surface area (Å²) in [6, 6.07) is 0. The molecule has 0 unspecified atom stereocenters. The van der Waals surface area contributed by atoms with E-state index in [1.165, 1.54) is 25.7 Å². The first-order valence-corrected chi connectivity index (χ1v) is 4.81. The second-order valence-corrected chi connectivity index (χ2v) is 4.64. The molecule has 1 fully saturated rings. The molecule has 0 aromatic carbocycles. The number of hydrogen-bond donors (Lipinski definition) is 0. The molecule has 0 amide bonds. The minimum Gasteiger partial charge on any atom is -0.0707 e. The lowest BCUT2D eigenvalue weighted by atomic mass is 9.59. The van der Waals surface area contributed by atoms with Crippen molar-refractivity contribution in [2.45, 2.75) is 46.5 Å². The minimum atomic E-state index is 0.596. The minimum absolute atomic E-state index is 0.596. The van der Waals surface area contributed by atoms with E-state index in [2.05, 4.69) is 20.8 Å². The fourth-order valence-electron chi connectivity index (χ4n) is 2.85. The van der Waals surface area contributed by atoms with Gasteiger partial charge in [0.15, 0.2) is 0 Å². The van der Waals surface area contributed by atoms with Gasteiger partial charge in [0.25, 0.3) is 0 Å². The van der Waals surface area contributed by atoms with Crippen LogP contribution in [0, 0.1) is 11.3 Å². The highest BCUT2D eigenvalue weighted by molar-refractivity contribution is 5.26. The molecule has 0 saturated heterocycles. The number of rotatable bonds is 0. The molecule has 62 valence electrons. The van der Waals surface area contributed by atoms with Gasteiger partial charge in [-0.15, -0.1) is 0 Å². The maximum Gasteiger partial charge on any atom is -0.0116 e. The first-order chi connectivity index (χ1) is 5.13. The molecule has 0 aromatic heterocycles. The summed E-state index contributed by atoms with van der Waals surface area (Å²) in [5.74, 6) is 0.955. The highest BCUT2D eigenvalue weighted by Gasteiger charge is 2.39. The van der Waals surface area contributed by atoms with Crippen molar-refractivity contribution in [2.24, 2.45) is 11.3 Å². The first-order valence-electron chi connectivity index (χ1n) is 4.81. The van der Waals surface area contributed by atoms with Gasteiger partial charge in [0.05, 0.1) is 0 Å². The largest absolute Gasteiger partial charge is 0.0707 e. The normalized spacial score (nSPS) is 43.4. The average molecular weight is 150 g/mol. The van der Waals surface area contributed by atoms with E-state index in [9.17, 15) is 0 Å². The molecular weight excluding hydrogens is 132 g/mol. The maximum atomic E-state index is 2.45. The third-order valence-corrected chi connectivity index (χ3v) is 4.20. The molecule has 0 N–H and O–H groups in total. The van der Waals surface area contributed by atoms with Crippen LogP contribution in [0.2, 0.25) is 0 Å². The van der Waals surface area contributed by atoms with Crippen LogP contribution in [0.25, 0.3) is 0 Å². The van der Waals surface area contributed by atoms with Gasteiger partial charge in [0.1, 0.15) is 0 Å². The molecule has 0 spiro atoms. The summed E-state index contributed by atoms with van der Waals surface area (Å²) in [5.41, 5.74) is 4.02. The van der Waals surface area contributed by atoms with E-state index < -0.39 is 0 Å². The molecule has 3 rings (SSSR count). The van der Waals surface area contributed by atoms with Crippen molar-refractivity contribution in [3.8, 4) is 0 Å². The molecule has 2 bridgehead atoms. The van der Waals surface area contributed by atoms with E-state index in [-0.39, 0.29) is 0 Å². The highest BCUT2D eigenvalue weighted by atomic mass is 14.4. The number of hydrogen-bond acceptors (Lipinski definition) is 0. The van der Waals surface area contributed by atoms with Crippen LogP contribution in [-0.2, 0) is 0 Å². The Balaban J connectivity index is 2.44. The van der Waals surface area contributed by atoms with Crippen LogP contribution in [0.5, 0.6) is 0 Å². The second kappa shape index (κ2) is 2.12. The Morgan fingerprint density at radius 3 is 2.09 bits per heavy atom. The highest BCUT2D eigenvalue weighted by Crippen LogP contribution is 2.52. The Labute approximate surface area is 69.7 Å². The zero-order valence-corrected chi connectivity index (χ0v) is 7.91. The van der Waals surface area contributed by atoms with E-state index >= 15 is 0 Å². The molecule has 3 aliphatic carbocycles. The van der Waals surface area contributed by atoms with E-state index in [4.69, 9.17) is 0 Å². The van der Waals surface area contributed by atoms with Gasteiger partial charge in [-0.05, 0) is 50.9 Å². The van der Waals surface area contributed by atoms with Crippen molar-refractivity contribution < 1.29 is 0 Å². The quantitative estimate of drug-likeness (QED) is 0.463. The monoisotopic (exact) mass is 150 g/mol. The van der Waals surface area contributed by atoms with E-state index in [0.717, 1.165) is 5.92 Å². The molecule has 0 heteroatoms. The van der Waals surface area contributed by atoms with E-state index in [0.29, 0.717) is 5.41 Å². The Morgan fingerprint density at radius 1 is 1.18 bits per heavy atom. The summed E-state index contributed by atoms with van der Waals surface area (Å²) in [6.45, 7) is 7.14. The molecule has 0 aromatic rings. The van der Waals surface area contributed by atoms with Gasteiger partial charge < -0.3 is 0 Å². The van der Waals surface area contributed by atoms with Crippen LogP contribution < -0.4 is 0 Å². The summed E-state index contributed by atoms with van der Waals surface area (Å²) < 4.78 is 0. The number of fused-ring (bicyclic) bond motifs is 2. The summed E-state index contributed by atoms with van der Waals surface area (Å²) in [4.78, 5) is 0. The van der Waals surface area contributed by atoms with Gasteiger partial charge in [-0.2, -0.15) is 0 Å². The molecule has 0 radical (unpaired) electrons. The molecule has 3 aliphatic rings. The van der Waals surface area contributed by atoms with Crippen molar-refractivity contribution >= 4 is 0 Å². The Bertz CT molecular complexity index is 202. The van der Waals surface area contributed by atoms with Crippen molar-refractivity contribution in [1.82, 2.24) is 0 Å². The molecule has 0 aliphatic heterocycles. The van der Waals surface area contributed by atoms with E-state index in [1.807, 2.05) is 0 Å². The van der Waals surface area contributed by atoms with Gasteiger partial charge in [-0.25, -0.2) is 0 Å². The Kier molecular flexibility index (Phi) is 1.42. The molecular formula is C11H18. The number of allylic oxidation sites excluding steroid dienone is 2. The predicted octanol–water partition coefficient (Wildman–Crippen LogP) is 3.53. The summed E-state index contributed by atoms with van der Waals surface area (Å²) >= 11 is 0. The van der Waals surface area contributed by atoms with Crippen molar-refractivity contribution in [2.75, 3.05) is 0 Å². The average Bonchev–Trinajstić information content (AvgIpc) is 2.01. The lowest BCUT2D eigenvalue weighted by Crippen LogP contribution is -2.33. The predicted molar refractivity (Wildman–Crippen MR) is 48.4 cm³/mol. The van der Waals surface area contributed by atoms with Crippen molar-refractivity contribution in [3.05, 3.63) is 11.1 Å². The molecule has 0 atom stereocenters. The SMILES string of the molecule is CC1=C(C)C2(C)CCC1CC2. The van der Waals surface area contributed by atoms with Crippen LogP contribution in [-0.4, -0.2) is 0 Å². The summed E-state index contributed by atoms with van der Waals surface area (Å²) in [6.07, 6.45) is 5.81. The zero-order chi connectivity index (χ0) is 8.06. The van der Waals surface area contributed by atoms with Crippen LogP contribution in [0.4, 0.5) is 0 Å². The Hall–Kier alpha value is -0.260. The summed E-state index contributed by atoms with van der Waals surface area (Å²) in [7, 11) is 0. The fourth-order valence-corrected chi connectivity index (χ4v) is 2.85. The van der Waals surface area contributed by atoms with Crippen LogP contribution in [0.3, 0.4) is 0 Å². The molecule has 0 nitrogen and oxygen atoms in total. The third-order valence-electron chi connectivity index (χ3n) is 4.20. The van der Waals surface area contributed by atoms with E-state index in [1.54, 1.807) is 11.1 Å². The molecule has 1 saturated carbocycles. The topological polar surface area (TPSA) is 0 Å². The van der Waals surface area contributed by atoms with Gasteiger partial charge in [0, 0.05) is 0 Å². The molecule has 11 heavy (non-hydrogen) atoms. The van der Waals surface area contributed by atoms with Gasteiger partial charge in [0.2, 0.25) is 0 Å². The second-order valence-electron chi connectivity index (χ2n) is 4.64. The zero-order valence-electron chi connectivity index (χ0n) is 7.91. The first kappa shape index (κ1) is 7.39. The van der Waals surface area contributed by atoms with Gasteiger partial charge in [-0.3, -0.25) is 0 Å². The van der Waals surface area contributed by atoms with Gasteiger partial charge in [-0.1, -0.05) is 18.1 Å². The van der Waals surface area contributed by atoms with Crippen LogP contribution in [0.1, 0.15) is 46.5 Å². The molecule has 0 heterocycles. The van der Waals surface area contributed by atoms with Crippen molar-refractivity contribution in [3.63, 3.8) is 0 Å². The fraction of sp³-hybridized carbons (Fsp3) is 0.818. The standard InChI is InChI=1S/C11H18/c1-8-9(2)11(3)6-4-10(8)5-7-11/h10H,4-7H2,1-3H3. The third kappa shape index (κ3) is 0.881. The van der Waals surface area contributed by atoms with Crippen LogP contribution >= 0.6 is 0 Å². The smallest absolute Gasteiger partial charge is 0.0116 e. The lowest BCUT2D eigenvalue weighted by molar-refractivity contribution is 0.193. The lowest BCUT2D eigenvalue weighted by Gasteiger charge is -2.46. The van der Waals surface area contributed by atoms with Crippen LogP contribution in [0.15, 0.2) is 11.1 Å². The van der Waals surface area contributed by atoms with Gasteiger partial charge >= 0.3 is 0 Å². The Morgan fingerprint density at radius 2 is 1.73 bits per heavy atom. The van der Waals surface area contributed by atoms with Crippen molar-refractivity contribution in [1.29, 1.82) is 0 Å². The maximum absolute atomic E-state index is 2.45.